The third kappa shape index (κ3) is 4.39. The molecule has 3 heterocycles. The van der Waals surface area contributed by atoms with Crippen molar-refractivity contribution in [2.75, 3.05) is 24.5 Å². The maximum Gasteiger partial charge on any atom is 0.252 e. The minimum absolute atomic E-state index is 0.0911. The zero-order valence-corrected chi connectivity index (χ0v) is 15.7. The van der Waals surface area contributed by atoms with E-state index in [1.807, 2.05) is 19.1 Å². The molecule has 2 aromatic rings. The highest BCUT2D eigenvalue weighted by Gasteiger charge is 2.27. The van der Waals surface area contributed by atoms with E-state index in [0.29, 0.717) is 18.0 Å². The van der Waals surface area contributed by atoms with Gasteiger partial charge in [0, 0.05) is 32.3 Å². The quantitative estimate of drug-likeness (QED) is 0.856. The first-order valence-electron chi connectivity index (χ1n) is 9.38. The van der Waals surface area contributed by atoms with Gasteiger partial charge in [0.1, 0.15) is 5.82 Å². The molecule has 0 saturated carbocycles. The second-order valence-electron chi connectivity index (χ2n) is 7.20. The fraction of sp³-hybridized carbons (Fsp3) is 0.579. The summed E-state index contributed by atoms with van der Waals surface area (Å²) in [6.07, 6.45) is 4.56. The summed E-state index contributed by atoms with van der Waals surface area (Å²) in [5.74, 6) is 3.04. The van der Waals surface area contributed by atoms with Crippen LogP contribution in [-0.2, 0) is 6.42 Å². The van der Waals surface area contributed by atoms with Crippen LogP contribution >= 0.6 is 0 Å². The highest BCUT2D eigenvalue weighted by atomic mass is 16.5. The number of hydrogen-bond donors (Lipinski definition) is 1. The smallest absolute Gasteiger partial charge is 0.252 e. The van der Waals surface area contributed by atoms with Crippen molar-refractivity contribution in [3.05, 3.63) is 35.6 Å². The van der Waals surface area contributed by atoms with Gasteiger partial charge in [-0.15, -0.1) is 0 Å². The Morgan fingerprint density at radius 2 is 2.27 bits per heavy atom. The number of piperidine rings is 1. The Balaban J connectivity index is 1.66. The number of carbonyl (C=O) groups is 1. The van der Waals surface area contributed by atoms with E-state index in [1.165, 1.54) is 0 Å². The van der Waals surface area contributed by atoms with Crippen LogP contribution < -0.4 is 10.2 Å². The van der Waals surface area contributed by atoms with Crippen molar-refractivity contribution in [1.82, 2.24) is 20.4 Å². The number of rotatable bonds is 6. The lowest BCUT2D eigenvalue weighted by Gasteiger charge is -2.31. The van der Waals surface area contributed by atoms with Crippen LogP contribution in [0, 0.1) is 5.92 Å². The largest absolute Gasteiger partial charge is 0.356 e. The van der Waals surface area contributed by atoms with E-state index in [1.54, 1.807) is 6.20 Å². The molecule has 1 atom stereocenters. The van der Waals surface area contributed by atoms with Gasteiger partial charge in [-0.1, -0.05) is 19.0 Å². The number of nitrogens with zero attached hydrogens (tertiary/aromatic N) is 4. The number of pyridine rings is 1. The number of aromatic nitrogens is 3. The number of amides is 1. The Hall–Kier alpha value is -2.44. The molecule has 0 spiro atoms. The van der Waals surface area contributed by atoms with Gasteiger partial charge in [-0.3, -0.25) is 4.79 Å². The van der Waals surface area contributed by atoms with Crippen LogP contribution in [-0.4, -0.2) is 40.7 Å². The van der Waals surface area contributed by atoms with Crippen molar-refractivity contribution in [2.24, 2.45) is 5.92 Å². The predicted octanol–water partition coefficient (Wildman–Crippen LogP) is 2.80. The molecule has 0 radical (unpaired) electrons. The van der Waals surface area contributed by atoms with Crippen LogP contribution in [0.25, 0.3) is 0 Å². The van der Waals surface area contributed by atoms with Gasteiger partial charge in [0.25, 0.3) is 5.91 Å². The number of anilines is 1. The Morgan fingerprint density at radius 1 is 1.42 bits per heavy atom. The van der Waals surface area contributed by atoms with Crippen LogP contribution in [0.2, 0.25) is 0 Å². The maximum absolute atomic E-state index is 11.9. The average Bonchev–Trinajstić information content (AvgIpc) is 3.10. The van der Waals surface area contributed by atoms with E-state index in [9.17, 15) is 4.79 Å². The average molecular weight is 357 g/mol. The van der Waals surface area contributed by atoms with Gasteiger partial charge < -0.3 is 14.7 Å². The minimum Gasteiger partial charge on any atom is -0.356 e. The van der Waals surface area contributed by atoms with Crippen molar-refractivity contribution in [2.45, 2.75) is 46.0 Å². The summed E-state index contributed by atoms with van der Waals surface area (Å²) < 4.78 is 5.51. The zero-order valence-electron chi connectivity index (χ0n) is 15.7. The number of carbonyl (C=O) groups excluding carboxylic acids is 1. The molecule has 0 aromatic carbocycles. The second kappa shape index (κ2) is 8.29. The lowest BCUT2D eigenvalue weighted by Crippen LogP contribution is -2.35. The minimum atomic E-state index is -0.0911. The Bertz CT molecular complexity index is 726. The van der Waals surface area contributed by atoms with Crippen LogP contribution in [0.3, 0.4) is 0 Å². The molecule has 1 N–H and O–H groups in total. The molecule has 1 amide bonds. The molecule has 26 heavy (non-hydrogen) atoms. The van der Waals surface area contributed by atoms with Crippen molar-refractivity contribution in [3.8, 4) is 0 Å². The second-order valence-corrected chi connectivity index (χ2v) is 7.20. The topological polar surface area (TPSA) is 84.2 Å². The van der Waals surface area contributed by atoms with E-state index in [2.05, 4.69) is 39.2 Å². The molecule has 1 unspecified atom stereocenters. The van der Waals surface area contributed by atoms with Crippen LogP contribution in [0.5, 0.6) is 0 Å². The molecular weight excluding hydrogens is 330 g/mol. The van der Waals surface area contributed by atoms with Gasteiger partial charge in [0.15, 0.2) is 5.82 Å². The predicted molar refractivity (Wildman–Crippen MR) is 99.3 cm³/mol. The van der Waals surface area contributed by atoms with Crippen molar-refractivity contribution in [3.63, 3.8) is 0 Å². The molecule has 3 rings (SSSR count). The normalized spacial score (nSPS) is 17.5. The molecule has 2 aromatic heterocycles. The highest BCUT2D eigenvalue weighted by Crippen LogP contribution is 2.28. The Labute approximate surface area is 154 Å². The van der Waals surface area contributed by atoms with E-state index in [4.69, 9.17) is 4.52 Å². The molecule has 0 bridgehead atoms. The molecule has 7 nitrogen and oxygen atoms in total. The van der Waals surface area contributed by atoms with E-state index >= 15 is 0 Å². The van der Waals surface area contributed by atoms with Gasteiger partial charge in [0.2, 0.25) is 5.89 Å². The first kappa shape index (κ1) is 18.4. The lowest BCUT2D eigenvalue weighted by atomic mass is 9.98. The Kier molecular flexibility index (Phi) is 5.85. The SMILES string of the molecule is CCNC(=O)c1ccc(N2CCCC(c3nc(CC(C)C)no3)C2)nc1. The first-order valence-corrected chi connectivity index (χ1v) is 9.38. The fourth-order valence-corrected chi connectivity index (χ4v) is 3.24. The summed E-state index contributed by atoms with van der Waals surface area (Å²) in [7, 11) is 0. The summed E-state index contributed by atoms with van der Waals surface area (Å²) >= 11 is 0. The first-order chi connectivity index (χ1) is 12.6. The maximum atomic E-state index is 11.9. The van der Waals surface area contributed by atoms with Crippen molar-refractivity contribution in [1.29, 1.82) is 0 Å². The zero-order chi connectivity index (χ0) is 18.5. The van der Waals surface area contributed by atoms with Gasteiger partial charge in [-0.25, -0.2) is 4.98 Å². The summed E-state index contributed by atoms with van der Waals surface area (Å²) in [4.78, 5) is 23.1. The standard InChI is InChI=1S/C19H27N5O2/c1-4-20-18(25)14-7-8-17(21-11-14)24-9-5-6-15(12-24)19-22-16(23-26-19)10-13(2)3/h7-8,11,13,15H,4-6,9-10,12H2,1-3H3,(H,20,25). The Morgan fingerprint density at radius 3 is 2.96 bits per heavy atom. The number of hydrogen-bond acceptors (Lipinski definition) is 6. The monoisotopic (exact) mass is 357 g/mol. The van der Waals surface area contributed by atoms with Gasteiger partial charge in [-0.05, 0) is 37.8 Å². The fourth-order valence-electron chi connectivity index (χ4n) is 3.24. The molecule has 0 aliphatic carbocycles. The van der Waals surface area contributed by atoms with Crippen LogP contribution in [0.15, 0.2) is 22.9 Å². The van der Waals surface area contributed by atoms with Gasteiger partial charge in [-0.2, -0.15) is 4.98 Å². The van der Waals surface area contributed by atoms with Crippen molar-refractivity contribution < 1.29 is 9.32 Å². The third-order valence-electron chi connectivity index (χ3n) is 4.52. The van der Waals surface area contributed by atoms with Crippen molar-refractivity contribution >= 4 is 11.7 Å². The van der Waals surface area contributed by atoms with Gasteiger partial charge in [0.05, 0.1) is 11.5 Å². The summed E-state index contributed by atoms with van der Waals surface area (Å²) in [6.45, 7) is 8.55. The van der Waals surface area contributed by atoms with Crippen LogP contribution in [0.4, 0.5) is 5.82 Å². The summed E-state index contributed by atoms with van der Waals surface area (Å²) in [5, 5.41) is 6.90. The molecule has 1 fully saturated rings. The molecular formula is C19H27N5O2. The molecule has 1 aliphatic heterocycles. The summed E-state index contributed by atoms with van der Waals surface area (Å²) in [5.41, 5.74) is 0.583. The number of nitrogens with one attached hydrogen (secondary N) is 1. The molecule has 140 valence electrons. The summed E-state index contributed by atoms with van der Waals surface area (Å²) in [6, 6.07) is 3.73. The van der Waals surface area contributed by atoms with E-state index in [-0.39, 0.29) is 11.8 Å². The molecule has 1 saturated heterocycles. The molecule has 1 aliphatic rings. The molecule has 7 heteroatoms. The van der Waals surface area contributed by atoms with E-state index in [0.717, 1.165) is 49.9 Å². The van der Waals surface area contributed by atoms with Crippen LogP contribution in [0.1, 0.15) is 61.6 Å². The highest BCUT2D eigenvalue weighted by molar-refractivity contribution is 5.93. The third-order valence-corrected chi connectivity index (χ3v) is 4.52. The van der Waals surface area contributed by atoms with E-state index < -0.39 is 0 Å². The lowest BCUT2D eigenvalue weighted by molar-refractivity contribution is 0.0955. The van der Waals surface area contributed by atoms with Gasteiger partial charge >= 0.3 is 0 Å².